The summed E-state index contributed by atoms with van der Waals surface area (Å²) < 4.78 is 24.2. The Morgan fingerprint density at radius 2 is 1.87 bits per heavy atom. The molecule has 0 atom stereocenters. The topological polar surface area (TPSA) is 68.7 Å². The minimum absolute atomic E-state index is 0.277. The van der Waals surface area contributed by atoms with Crippen LogP contribution < -0.4 is 9.47 Å². The summed E-state index contributed by atoms with van der Waals surface area (Å²) in [5.41, 5.74) is 2.64. The molecule has 3 aromatic rings. The highest BCUT2D eigenvalue weighted by atomic mass is 32.2. The zero-order valence-electron chi connectivity index (χ0n) is 16.8. The van der Waals surface area contributed by atoms with Gasteiger partial charge in [-0.15, -0.1) is 11.3 Å². The lowest BCUT2D eigenvalue weighted by atomic mass is 10.1. The molecule has 0 saturated heterocycles. The van der Waals surface area contributed by atoms with Gasteiger partial charge in [0.2, 0.25) is 0 Å². The minimum Gasteiger partial charge on any atom is -0.493 e. The monoisotopic (exact) mass is 447 g/mol. The van der Waals surface area contributed by atoms with Gasteiger partial charge >= 0.3 is 5.97 Å². The summed E-state index contributed by atoms with van der Waals surface area (Å²) in [6.07, 6.45) is 0.591. The van der Waals surface area contributed by atoms with E-state index in [0.29, 0.717) is 24.5 Å². The third-order valence-electron chi connectivity index (χ3n) is 4.35. The molecule has 2 aromatic carbocycles. The second-order valence-corrected chi connectivity index (χ2v) is 9.72. The number of carboxylic acids is 1. The third-order valence-corrected chi connectivity index (χ3v) is 6.52. The van der Waals surface area contributed by atoms with Gasteiger partial charge < -0.3 is 14.6 Å². The summed E-state index contributed by atoms with van der Waals surface area (Å²) in [5, 5.41) is 11.2. The maximum absolute atomic E-state index is 13.1. The van der Waals surface area contributed by atoms with E-state index in [1.165, 1.54) is 35.2 Å². The zero-order valence-corrected chi connectivity index (χ0v) is 18.5. The van der Waals surface area contributed by atoms with Gasteiger partial charge in [-0.05, 0) is 49.2 Å². The van der Waals surface area contributed by atoms with Crippen molar-refractivity contribution in [3.63, 3.8) is 0 Å². The Kier molecular flexibility index (Phi) is 6.99. The van der Waals surface area contributed by atoms with Crippen LogP contribution in [0.25, 0.3) is 11.1 Å². The van der Waals surface area contributed by atoms with Gasteiger partial charge in [-0.1, -0.05) is 30.0 Å². The Morgan fingerprint density at radius 3 is 2.53 bits per heavy atom. The van der Waals surface area contributed by atoms with Crippen molar-refractivity contribution in [2.45, 2.75) is 29.4 Å². The molecule has 0 unspecified atom stereocenters. The molecule has 0 aliphatic heterocycles. The molecule has 1 aromatic heterocycles. The van der Waals surface area contributed by atoms with Gasteiger partial charge in [-0.2, -0.15) is 0 Å². The minimum atomic E-state index is -0.925. The smallest absolute Gasteiger partial charge is 0.319 e. The lowest BCUT2D eigenvalue weighted by Gasteiger charge is -2.15. The number of aromatic nitrogens is 1. The van der Waals surface area contributed by atoms with E-state index in [1.54, 1.807) is 33.1 Å². The van der Waals surface area contributed by atoms with E-state index in [-0.39, 0.29) is 5.82 Å². The summed E-state index contributed by atoms with van der Waals surface area (Å²) in [6.45, 7) is 3.72. The van der Waals surface area contributed by atoms with Crippen LogP contribution in [-0.4, -0.2) is 34.5 Å². The van der Waals surface area contributed by atoms with E-state index in [2.05, 4.69) is 4.98 Å². The fourth-order valence-corrected chi connectivity index (χ4v) is 4.81. The maximum atomic E-state index is 13.1. The highest BCUT2D eigenvalue weighted by Crippen LogP contribution is 2.35. The number of carboxylic acid groups (broad SMARTS) is 1. The van der Waals surface area contributed by atoms with Crippen LogP contribution >= 0.6 is 23.1 Å². The number of halogens is 1. The van der Waals surface area contributed by atoms with Crippen LogP contribution in [0.2, 0.25) is 0 Å². The number of hydrogen-bond acceptors (Lipinski definition) is 6. The molecule has 0 bridgehead atoms. The SMILES string of the molecule is COc1cc(-c2ccc(F)cc2)ccc1OCCc1csc(SC(C)(C)C(=O)O)n1. The van der Waals surface area contributed by atoms with Crippen molar-refractivity contribution < 1.29 is 23.8 Å². The molecule has 1 N–H and O–H groups in total. The number of benzene rings is 2. The molecule has 0 aliphatic rings. The van der Waals surface area contributed by atoms with Crippen molar-refractivity contribution in [1.82, 2.24) is 4.98 Å². The molecular formula is C22H22FNO4S2. The fraction of sp³-hybridized carbons (Fsp3) is 0.273. The average molecular weight is 448 g/mol. The van der Waals surface area contributed by atoms with Crippen molar-refractivity contribution in [1.29, 1.82) is 0 Å². The number of carbonyl (C=O) groups is 1. The quantitative estimate of drug-likeness (QED) is 0.435. The summed E-state index contributed by atoms with van der Waals surface area (Å²) in [7, 11) is 1.57. The van der Waals surface area contributed by atoms with Gasteiger partial charge in [0.05, 0.1) is 19.4 Å². The van der Waals surface area contributed by atoms with Crippen LogP contribution in [0.5, 0.6) is 11.5 Å². The molecule has 1 heterocycles. The van der Waals surface area contributed by atoms with Crippen molar-refractivity contribution in [3.8, 4) is 22.6 Å². The summed E-state index contributed by atoms with van der Waals surface area (Å²) >= 11 is 2.66. The second kappa shape index (κ2) is 9.49. The summed E-state index contributed by atoms with van der Waals surface area (Å²) in [6, 6.07) is 11.9. The van der Waals surface area contributed by atoms with Gasteiger partial charge in [0.15, 0.2) is 15.8 Å². The first kappa shape index (κ1) is 22.1. The first-order chi connectivity index (χ1) is 14.3. The molecule has 0 saturated carbocycles. The number of methoxy groups -OCH3 is 1. The number of nitrogens with zero attached hydrogens (tertiary/aromatic N) is 1. The molecule has 0 spiro atoms. The molecular weight excluding hydrogens is 425 g/mol. The third kappa shape index (κ3) is 5.52. The number of thiazole rings is 1. The molecule has 5 nitrogen and oxygen atoms in total. The number of hydrogen-bond donors (Lipinski definition) is 1. The van der Waals surface area contributed by atoms with Gasteiger partial charge in [0, 0.05) is 11.8 Å². The normalized spacial score (nSPS) is 11.3. The van der Waals surface area contributed by atoms with E-state index in [9.17, 15) is 14.3 Å². The number of aliphatic carboxylic acids is 1. The standard InChI is InChI=1S/C22H22FNO4S2/c1-22(2,20(25)26)30-21-24-17(13-29-21)10-11-28-18-9-6-15(12-19(18)27-3)14-4-7-16(23)8-5-14/h4-9,12-13H,10-11H2,1-3H3,(H,25,26). The Hall–Kier alpha value is -2.58. The highest BCUT2D eigenvalue weighted by molar-refractivity contribution is 8.02. The Morgan fingerprint density at radius 1 is 1.17 bits per heavy atom. The van der Waals surface area contributed by atoms with Gasteiger partial charge in [0.1, 0.15) is 10.6 Å². The van der Waals surface area contributed by atoms with E-state index in [0.717, 1.165) is 21.2 Å². The predicted octanol–water partition coefficient (Wildman–Crippen LogP) is 5.53. The van der Waals surface area contributed by atoms with Crippen LogP contribution in [0.1, 0.15) is 19.5 Å². The van der Waals surface area contributed by atoms with Crippen LogP contribution in [0.3, 0.4) is 0 Å². The van der Waals surface area contributed by atoms with E-state index in [4.69, 9.17) is 9.47 Å². The fourth-order valence-electron chi connectivity index (χ4n) is 2.59. The molecule has 0 radical (unpaired) electrons. The molecule has 0 aliphatic carbocycles. The molecule has 0 amide bonds. The molecule has 30 heavy (non-hydrogen) atoms. The van der Waals surface area contributed by atoms with Gasteiger partial charge in [-0.25, -0.2) is 9.37 Å². The first-order valence-corrected chi connectivity index (χ1v) is 10.9. The van der Waals surface area contributed by atoms with E-state index >= 15 is 0 Å². The lowest BCUT2D eigenvalue weighted by Crippen LogP contribution is -2.26. The largest absolute Gasteiger partial charge is 0.493 e. The number of rotatable bonds is 9. The van der Waals surface area contributed by atoms with Crippen LogP contribution in [0.15, 0.2) is 52.2 Å². The van der Waals surface area contributed by atoms with Crippen molar-refractivity contribution in [2.24, 2.45) is 0 Å². The van der Waals surface area contributed by atoms with Crippen LogP contribution in [-0.2, 0) is 11.2 Å². The van der Waals surface area contributed by atoms with Crippen LogP contribution in [0.4, 0.5) is 4.39 Å². The average Bonchev–Trinajstić information content (AvgIpc) is 3.15. The maximum Gasteiger partial charge on any atom is 0.319 e. The first-order valence-electron chi connectivity index (χ1n) is 9.22. The predicted molar refractivity (Wildman–Crippen MR) is 117 cm³/mol. The summed E-state index contributed by atoms with van der Waals surface area (Å²) in [5.74, 6) is 0.0549. The summed E-state index contributed by atoms with van der Waals surface area (Å²) in [4.78, 5) is 15.7. The number of thioether (sulfide) groups is 1. The van der Waals surface area contributed by atoms with Gasteiger partial charge in [-0.3, -0.25) is 4.79 Å². The molecule has 3 rings (SSSR count). The molecule has 0 fully saturated rings. The van der Waals surface area contributed by atoms with E-state index in [1.807, 2.05) is 23.6 Å². The number of ether oxygens (including phenoxy) is 2. The second-order valence-electron chi connectivity index (χ2n) is 6.99. The van der Waals surface area contributed by atoms with Crippen molar-refractivity contribution >= 4 is 29.1 Å². The van der Waals surface area contributed by atoms with Crippen LogP contribution in [0, 0.1) is 5.82 Å². The molecule has 158 valence electrons. The van der Waals surface area contributed by atoms with E-state index < -0.39 is 10.7 Å². The molecule has 8 heteroatoms. The van der Waals surface area contributed by atoms with Crippen molar-refractivity contribution in [3.05, 3.63) is 59.4 Å². The Bertz CT molecular complexity index is 1020. The Labute approximate surface area is 182 Å². The van der Waals surface area contributed by atoms with Gasteiger partial charge in [0.25, 0.3) is 0 Å². The highest BCUT2D eigenvalue weighted by Gasteiger charge is 2.29. The zero-order chi connectivity index (χ0) is 21.7. The Balaban J connectivity index is 1.61. The van der Waals surface area contributed by atoms with Crippen molar-refractivity contribution in [2.75, 3.05) is 13.7 Å². The lowest BCUT2D eigenvalue weighted by molar-refractivity contribution is -0.138.